The van der Waals surface area contributed by atoms with Crippen molar-refractivity contribution >= 4 is 11.9 Å². The van der Waals surface area contributed by atoms with Crippen molar-refractivity contribution in [2.45, 2.75) is 51.4 Å². The Kier molecular flexibility index (Phi) is 6.05. The molecule has 2 aliphatic heterocycles. The van der Waals surface area contributed by atoms with E-state index in [1.807, 2.05) is 36.5 Å². The monoisotopic (exact) mass is 502 g/mol. The van der Waals surface area contributed by atoms with E-state index < -0.39 is 5.92 Å². The standard InChI is InChI=1S/C29H32F2N6/c1-19-6-7-22(13-24(19)12-20(2)27(21-4-3-5-21)37-17-29(30,31)18-37)28-32-10-8-26(35-28)36-11-9-23(16-36)25-14-33-34-15-25/h6-8,10,12-15,23H,3-5,9,11,16-18H2,1-2H3,(H,33,34)/b20-12+. The molecular formula is C29H32F2N6. The zero-order chi connectivity index (χ0) is 25.6. The predicted molar refractivity (Wildman–Crippen MR) is 141 cm³/mol. The van der Waals surface area contributed by atoms with Crippen molar-refractivity contribution in [2.75, 3.05) is 31.1 Å². The van der Waals surface area contributed by atoms with Gasteiger partial charge in [-0.3, -0.25) is 5.10 Å². The highest BCUT2D eigenvalue weighted by Crippen LogP contribution is 2.40. The minimum absolute atomic E-state index is 0.186. The number of anilines is 1. The van der Waals surface area contributed by atoms with E-state index in [-0.39, 0.29) is 13.1 Å². The second-order valence-electron chi connectivity index (χ2n) is 10.6. The molecule has 192 valence electrons. The van der Waals surface area contributed by atoms with Crippen molar-refractivity contribution in [3.05, 3.63) is 76.4 Å². The maximum Gasteiger partial charge on any atom is 0.282 e. The molecular weight excluding hydrogens is 470 g/mol. The van der Waals surface area contributed by atoms with E-state index in [0.717, 1.165) is 72.6 Å². The number of hydrogen-bond acceptors (Lipinski definition) is 5. The lowest BCUT2D eigenvalue weighted by molar-refractivity contribution is -0.115. The van der Waals surface area contributed by atoms with Gasteiger partial charge in [-0.05, 0) is 85.6 Å². The summed E-state index contributed by atoms with van der Waals surface area (Å²) >= 11 is 0. The second kappa shape index (κ2) is 9.39. The quantitative estimate of drug-likeness (QED) is 0.451. The van der Waals surface area contributed by atoms with Crippen molar-refractivity contribution < 1.29 is 8.78 Å². The first-order valence-electron chi connectivity index (χ1n) is 13.1. The maximum absolute atomic E-state index is 13.7. The molecule has 1 aliphatic carbocycles. The number of nitrogens with one attached hydrogen (secondary N) is 1. The van der Waals surface area contributed by atoms with Gasteiger partial charge in [0.15, 0.2) is 5.82 Å². The van der Waals surface area contributed by atoms with Crippen molar-refractivity contribution in [3.8, 4) is 11.4 Å². The highest BCUT2D eigenvalue weighted by Gasteiger charge is 2.45. The van der Waals surface area contributed by atoms with Crippen LogP contribution in [0.4, 0.5) is 14.6 Å². The number of aromatic nitrogens is 4. The molecule has 3 aromatic rings. The van der Waals surface area contributed by atoms with Crippen LogP contribution in [0, 0.1) is 6.92 Å². The Balaban J connectivity index is 1.25. The third-order valence-electron chi connectivity index (χ3n) is 7.88. The number of aromatic amines is 1. The van der Waals surface area contributed by atoms with Gasteiger partial charge in [-0.15, -0.1) is 0 Å². The average molecular weight is 503 g/mol. The van der Waals surface area contributed by atoms with Crippen LogP contribution in [0.2, 0.25) is 0 Å². The minimum Gasteiger partial charge on any atom is -0.359 e. The van der Waals surface area contributed by atoms with Crippen molar-refractivity contribution in [3.63, 3.8) is 0 Å². The van der Waals surface area contributed by atoms with Crippen LogP contribution in [0.5, 0.6) is 0 Å². The highest BCUT2D eigenvalue weighted by atomic mass is 19.3. The van der Waals surface area contributed by atoms with E-state index in [1.165, 1.54) is 11.1 Å². The van der Waals surface area contributed by atoms with Crippen molar-refractivity contribution in [1.29, 1.82) is 0 Å². The van der Waals surface area contributed by atoms with E-state index in [2.05, 4.69) is 51.3 Å². The molecule has 2 aromatic heterocycles. The van der Waals surface area contributed by atoms with Crippen LogP contribution in [0.3, 0.4) is 0 Å². The molecule has 1 saturated carbocycles. The fourth-order valence-electron chi connectivity index (χ4n) is 5.64. The summed E-state index contributed by atoms with van der Waals surface area (Å²) in [6, 6.07) is 8.23. The Morgan fingerprint density at radius 1 is 1.19 bits per heavy atom. The molecule has 8 heteroatoms. The summed E-state index contributed by atoms with van der Waals surface area (Å²) in [5, 5.41) is 7.01. The molecule has 1 atom stereocenters. The number of allylic oxidation sites excluding steroid dienone is 2. The van der Waals surface area contributed by atoms with Crippen LogP contribution in [0.1, 0.15) is 55.2 Å². The Morgan fingerprint density at radius 3 is 2.73 bits per heavy atom. The largest absolute Gasteiger partial charge is 0.359 e. The summed E-state index contributed by atoms with van der Waals surface area (Å²) in [5.74, 6) is -0.513. The van der Waals surface area contributed by atoms with Gasteiger partial charge in [-0.1, -0.05) is 12.1 Å². The zero-order valence-electron chi connectivity index (χ0n) is 21.3. The van der Waals surface area contributed by atoms with E-state index in [9.17, 15) is 8.78 Å². The number of H-pyrrole nitrogens is 1. The summed E-state index contributed by atoms with van der Waals surface area (Å²) in [6.07, 6.45) is 12.0. The Bertz CT molecular complexity index is 1350. The molecule has 1 aromatic carbocycles. The molecule has 0 spiro atoms. The molecule has 6 nitrogen and oxygen atoms in total. The molecule has 0 bridgehead atoms. The average Bonchev–Trinajstić information content (AvgIpc) is 3.53. The number of rotatable bonds is 6. The Morgan fingerprint density at radius 2 is 2.03 bits per heavy atom. The van der Waals surface area contributed by atoms with E-state index in [0.29, 0.717) is 11.7 Å². The van der Waals surface area contributed by atoms with Gasteiger partial charge in [0, 0.05) is 42.7 Å². The van der Waals surface area contributed by atoms with Crippen LogP contribution in [-0.4, -0.2) is 57.2 Å². The second-order valence-corrected chi connectivity index (χ2v) is 10.6. The van der Waals surface area contributed by atoms with Gasteiger partial charge in [0.25, 0.3) is 5.92 Å². The van der Waals surface area contributed by atoms with Gasteiger partial charge in [-0.2, -0.15) is 5.10 Å². The van der Waals surface area contributed by atoms with Crippen LogP contribution in [0.25, 0.3) is 17.5 Å². The van der Waals surface area contributed by atoms with Gasteiger partial charge < -0.3 is 9.80 Å². The molecule has 37 heavy (non-hydrogen) atoms. The van der Waals surface area contributed by atoms with Gasteiger partial charge in [-0.25, -0.2) is 18.7 Å². The molecule has 1 N–H and O–H groups in total. The minimum atomic E-state index is -2.58. The Labute approximate surface area is 216 Å². The number of benzene rings is 1. The maximum atomic E-state index is 13.7. The number of hydrogen-bond donors (Lipinski definition) is 1. The van der Waals surface area contributed by atoms with E-state index in [1.54, 1.807) is 0 Å². The van der Waals surface area contributed by atoms with Crippen molar-refractivity contribution in [1.82, 2.24) is 25.1 Å². The summed E-state index contributed by atoms with van der Waals surface area (Å²) in [6.45, 7) is 5.60. The van der Waals surface area contributed by atoms with Gasteiger partial charge >= 0.3 is 0 Å². The summed E-state index contributed by atoms with van der Waals surface area (Å²) in [4.78, 5) is 13.6. The Hall–Kier alpha value is -3.55. The SMILES string of the molecule is C/C(=C\c1cc(-c2nccc(N3CCC(c4cn[nH]c4)C3)n2)ccc1C)C(=C1CCC1)N1CC(F)(F)C1. The third kappa shape index (κ3) is 4.77. The molecule has 0 amide bonds. The predicted octanol–water partition coefficient (Wildman–Crippen LogP) is 5.96. The lowest BCUT2D eigenvalue weighted by Crippen LogP contribution is -2.55. The molecule has 0 radical (unpaired) electrons. The van der Waals surface area contributed by atoms with Gasteiger partial charge in [0.2, 0.25) is 0 Å². The summed E-state index contributed by atoms with van der Waals surface area (Å²) in [5.41, 5.74) is 7.74. The number of likely N-dealkylation sites (tertiary alicyclic amines) is 1. The summed E-state index contributed by atoms with van der Waals surface area (Å²) in [7, 11) is 0. The molecule has 3 aliphatic rings. The fourth-order valence-corrected chi connectivity index (χ4v) is 5.64. The van der Waals surface area contributed by atoms with E-state index >= 15 is 0 Å². The van der Waals surface area contributed by atoms with Crippen LogP contribution in [-0.2, 0) is 0 Å². The first kappa shape index (κ1) is 23.8. The van der Waals surface area contributed by atoms with Gasteiger partial charge in [0.1, 0.15) is 5.82 Å². The molecule has 4 heterocycles. The van der Waals surface area contributed by atoms with E-state index in [4.69, 9.17) is 4.98 Å². The lowest BCUT2D eigenvalue weighted by atomic mass is 9.86. The third-order valence-corrected chi connectivity index (χ3v) is 7.88. The lowest BCUT2D eigenvalue weighted by Gasteiger charge is -2.44. The first-order chi connectivity index (χ1) is 17.9. The fraction of sp³-hybridized carbons (Fsp3) is 0.414. The molecule has 2 saturated heterocycles. The van der Waals surface area contributed by atoms with Crippen LogP contribution < -0.4 is 4.90 Å². The molecule has 1 unspecified atom stereocenters. The highest BCUT2D eigenvalue weighted by molar-refractivity contribution is 5.68. The number of nitrogens with zero attached hydrogens (tertiary/aromatic N) is 5. The van der Waals surface area contributed by atoms with Gasteiger partial charge in [0.05, 0.1) is 19.3 Å². The van der Waals surface area contributed by atoms with Crippen LogP contribution >= 0.6 is 0 Å². The number of halogens is 2. The normalized spacial score (nSPS) is 21.1. The van der Waals surface area contributed by atoms with Crippen molar-refractivity contribution in [2.24, 2.45) is 0 Å². The number of alkyl halides is 2. The smallest absolute Gasteiger partial charge is 0.282 e. The summed E-state index contributed by atoms with van der Waals surface area (Å²) < 4.78 is 27.3. The first-order valence-corrected chi connectivity index (χ1v) is 13.1. The zero-order valence-corrected chi connectivity index (χ0v) is 21.3. The molecule has 3 fully saturated rings. The molecule has 6 rings (SSSR count). The van der Waals surface area contributed by atoms with Crippen LogP contribution in [0.15, 0.2) is 59.7 Å². The topological polar surface area (TPSA) is 60.9 Å². The number of aryl methyl sites for hydroxylation is 1.